The minimum Gasteiger partial charge on any atom is -1.00 e. The third-order valence-corrected chi connectivity index (χ3v) is 6.04. The van der Waals surface area contributed by atoms with E-state index >= 15 is 0 Å². The first-order chi connectivity index (χ1) is 10.1. The van der Waals surface area contributed by atoms with Gasteiger partial charge in [0.25, 0.3) is 0 Å². The number of ether oxygens (including phenoxy) is 2. The van der Waals surface area contributed by atoms with E-state index in [1.807, 2.05) is 0 Å². The van der Waals surface area contributed by atoms with E-state index in [1.54, 1.807) is 0 Å². The van der Waals surface area contributed by atoms with Gasteiger partial charge in [0.05, 0.1) is 18.5 Å². The van der Waals surface area contributed by atoms with Crippen LogP contribution >= 0.6 is 0 Å². The van der Waals surface area contributed by atoms with Gasteiger partial charge in [-0.3, -0.25) is 0 Å². The summed E-state index contributed by atoms with van der Waals surface area (Å²) in [5.41, 5.74) is -0.0175. The van der Waals surface area contributed by atoms with E-state index in [0.717, 1.165) is 37.5 Å². The number of nitrogens with zero attached hydrogens (tertiary/aromatic N) is 2. The van der Waals surface area contributed by atoms with Crippen LogP contribution in [0.25, 0.3) is 0 Å². The summed E-state index contributed by atoms with van der Waals surface area (Å²) in [4.78, 5) is 9.52. The van der Waals surface area contributed by atoms with Crippen molar-refractivity contribution in [2.75, 3.05) is 0 Å². The summed E-state index contributed by atoms with van der Waals surface area (Å²) >= 11 is 0. The Labute approximate surface area is 179 Å². The maximum Gasteiger partial charge on any atom is 2.00 e. The van der Waals surface area contributed by atoms with E-state index < -0.39 is 0 Å². The van der Waals surface area contributed by atoms with E-state index in [2.05, 4.69) is 13.8 Å². The zero-order chi connectivity index (χ0) is 14.5. The normalized spacial score (nSPS) is 31.4. The van der Waals surface area contributed by atoms with Gasteiger partial charge in [-0.15, -0.1) is 0 Å². The zero-order valence-electron chi connectivity index (χ0n) is 14.3. The van der Waals surface area contributed by atoms with Gasteiger partial charge in [0.1, 0.15) is 11.2 Å². The molecule has 4 aliphatic rings. The third kappa shape index (κ3) is 3.80. The van der Waals surface area contributed by atoms with E-state index in [9.17, 15) is 0 Å². The first kappa shape index (κ1) is 22.6. The van der Waals surface area contributed by atoms with Gasteiger partial charge in [-0.1, -0.05) is 0 Å². The van der Waals surface area contributed by atoms with Gasteiger partial charge in [0.2, 0.25) is 0 Å². The van der Waals surface area contributed by atoms with Crippen LogP contribution in [0.5, 0.6) is 0 Å². The van der Waals surface area contributed by atoms with Crippen molar-refractivity contribution < 1.29 is 63.9 Å². The summed E-state index contributed by atoms with van der Waals surface area (Å²) in [6.07, 6.45) is 10.3. The number of hydrogen-bond donors (Lipinski definition) is 0. The number of hydrogen-bond acceptors (Lipinski definition) is 4. The van der Waals surface area contributed by atoms with Gasteiger partial charge < -0.3 is 43.4 Å². The van der Waals surface area contributed by atoms with E-state index in [4.69, 9.17) is 19.5 Å². The molecule has 2 aliphatic carbocycles. The van der Waals surface area contributed by atoms with Crippen molar-refractivity contribution in [2.24, 2.45) is 9.98 Å². The summed E-state index contributed by atoms with van der Waals surface area (Å²) in [6.45, 7) is 4.38. The molecule has 0 amide bonds. The van der Waals surface area contributed by atoms with Crippen LogP contribution in [0.4, 0.5) is 0 Å². The van der Waals surface area contributed by atoms with E-state index in [1.165, 1.54) is 25.7 Å². The first-order valence-corrected chi connectivity index (χ1v) is 8.63. The fourth-order valence-electron chi connectivity index (χ4n) is 4.64. The molecular formula is C17H26Br2N2O2Pd. The molecule has 7 heteroatoms. The molecule has 2 fully saturated rings. The fourth-order valence-corrected chi connectivity index (χ4v) is 4.64. The SMILES string of the molecule is C[C@H]1N=C(CC2=N[C@H](C)C3(CCCC3)O2)OC12CCCC2.[Br-].[Br-].[Pd+2]. The molecule has 0 aromatic rings. The van der Waals surface area contributed by atoms with E-state index in [-0.39, 0.29) is 77.7 Å². The second-order valence-electron chi connectivity index (χ2n) is 7.32. The van der Waals surface area contributed by atoms with Crippen LogP contribution in [0, 0.1) is 0 Å². The van der Waals surface area contributed by atoms with Gasteiger partial charge in [-0.25, -0.2) is 9.98 Å². The Bertz CT molecular complexity index is 457. The maximum atomic E-state index is 6.26. The van der Waals surface area contributed by atoms with Gasteiger partial charge in [0.15, 0.2) is 11.8 Å². The molecule has 24 heavy (non-hydrogen) atoms. The molecule has 2 atom stereocenters. The molecule has 4 nitrogen and oxygen atoms in total. The molecule has 0 aromatic carbocycles. The fraction of sp³-hybridized carbons (Fsp3) is 0.882. The average Bonchev–Trinajstić information content (AvgIpc) is 3.17. The molecule has 0 radical (unpaired) electrons. The molecule has 0 bridgehead atoms. The molecule has 0 aromatic heterocycles. The third-order valence-electron chi connectivity index (χ3n) is 6.04. The monoisotopic (exact) mass is 554 g/mol. The smallest absolute Gasteiger partial charge is 1.00 e. The van der Waals surface area contributed by atoms with Crippen LogP contribution in [0.2, 0.25) is 0 Å². The Kier molecular flexibility index (Phi) is 8.01. The second kappa shape index (κ2) is 8.50. The van der Waals surface area contributed by atoms with Gasteiger partial charge in [-0.05, 0) is 65.2 Å². The standard InChI is InChI=1S/C17H26N2O2.2BrH.Pd/c1-12-16(7-3-4-8-16)20-14(18-12)11-15-19-13(2)17(21-15)9-5-6-10-17;;;/h12-13H,3-11H2,1-2H3;2*1H;/q;;;+2/p-2/t12-,13-;;;/m1.../s1. The van der Waals surface area contributed by atoms with Crippen LogP contribution in [-0.2, 0) is 29.9 Å². The summed E-state index contributed by atoms with van der Waals surface area (Å²) in [5.74, 6) is 1.70. The van der Waals surface area contributed by atoms with Crippen molar-refractivity contribution in [2.45, 2.75) is 94.9 Å². The number of rotatable bonds is 2. The summed E-state index contributed by atoms with van der Waals surface area (Å²) < 4.78 is 12.5. The minimum absolute atomic E-state index is 0. The summed E-state index contributed by atoms with van der Waals surface area (Å²) in [5, 5.41) is 0. The van der Waals surface area contributed by atoms with Crippen molar-refractivity contribution in [3.8, 4) is 0 Å². The Balaban J connectivity index is 0.000000960. The Morgan fingerprint density at radius 1 is 0.792 bits per heavy atom. The predicted octanol–water partition coefficient (Wildman–Crippen LogP) is -2.36. The topological polar surface area (TPSA) is 43.2 Å². The van der Waals surface area contributed by atoms with Crippen molar-refractivity contribution in [1.29, 1.82) is 0 Å². The molecule has 0 N–H and O–H groups in total. The average molecular weight is 557 g/mol. The summed E-state index contributed by atoms with van der Waals surface area (Å²) in [7, 11) is 0. The van der Waals surface area contributed by atoms with Crippen LogP contribution in [-0.4, -0.2) is 35.1 Å². The molecule has 2 spiro atoms. The predicted molar refractivity (Wildman–Crippen MR) is 83.0 cm³/mol. The quantitative estimate of drug-likeness (QED) is 0.358. The second-order valence-corrected chi connectivity index (χ2v) is 7.32. The molecule has 2 aliphatic heterocycles. The van der Waals surface area contributed by atoms with Crippen LogP contribution in [0.3, 0.4) is 0 Å². The van der Waals surface area contributed by atoms with Gasteiger partial charge in [0, 0.05) is 0 Å². The molecule has 2 heterocycles. The maximum absolute atomic E-state index is 6.26. The first-order valence-electron chi connectivity index (χ1n) is 8.63. The van der Waals surface area contributed by atoms with E-state index in [0.29, 0.717) is 6.42 Å². The molecule has 2 saturated carbocycles. The van der Waals surface area contributed by atoms with Crippen molar-refractivity contribution in [1.82, 2.24) is 0 Å². The van der Waals surface area contributed by atoms with Crippen LogP contribution in [0.15, 0.2) is 9.98 Å². The molecule has 4 rings (SSSR count). The van der Waals surface area contributed by atoms with Gasteiger partial charge in [-0.2, -0.15) is 0 Å². The van der Waals surface area contributed by atoms with Gasteiger partial charge >= 0.3 is 20.4 Å². The Morgan fingerprint density at radius 3 is 1.46 bits per heavy atom. The summed E-state index contributed by atoms with van der Waals surface area (Å²) in [6, 6.07) is 0.574. The van der Waals surface area contributed by atoms with Crippen molar-refractivity contribution in [3.05, 3.63) is 0 Å². The van der Waals surface area contributed by atoms with Crippen molar-refractivity contribution in [3.63, 3.8) is 0 Å². The van der Waals surface area contributed by atoms with Crippen molar-refractivity contribution >= 4 is 11.8 Å². The molecule has 140 valence electrons. The minimum atomic E-state index is -0.00877. The number of halogens is 2. The van der Waals surface area contributed by atoms with Crippen LogP contribution in [0.1, 0.15) is 71.6 Å². The zero-order valence-corrected chi connectivity index (χ0v) is 19.0. The number of aliphatic imine (C=N–C) groups is 2. The molecule has 0 saturated heterocycles. The Morgan fingerprint density at radius 2 is 1.12 bits per heavy atom. The Hall–Kier alpha value is 0.562. The largest absolute Gasteiger partial charge is 2.00 e. The van der Waals surface area contributed by atoms with Crippen LogP contribution < -0.4 is 34.0 Å². The molecular weight excluding hydrogens is 530 g/mol. The molecule has 0 unspecified atom stereocenters.